The second-order valence-corrected chi connectivity index (χ2v) is 8.48. The van der Waals surface area contributed by atoms with Crippen LogP contribution in [0.2, 0.25) is 0 Å². The van der Waals surface area contributed by atoms with Crippen molar-refractivity contribution in [1.82, 2.24) is 9.80 Å². The molecule has 166 valence electrons. The van der Waals surface area contributed by atoms with Crippen LogP contribution in [0, 0.1) is 5.92 Å². The number of rotatable bonds is 7. The quantitative estimate of drug-likeness (QED) is 0.662. The summed E-state index contributed by atoms with van der Waals surface area (Å²) in [5.74, 6) is 0.734. The molecule has 2 aromatic carbocycles. The molecule has 2 aromatic rings. The lowest BCUT2D eigenvalue weighted by Crippen LogP contribution is -2.42. The van der Waals surface area contributed by atoms with Gasteiger partial charge in [0.1, 0.15) is 5.75 Å². The van der Waals surface area contributed by atoms with Crippen LogP contribution in [0.25, 0.3) is 0 Å². The first-order valence-corrected chi connectivity index (χ1v) is 11.3. The molecule has 31 heavy (non-hydrogen) atoms. The molecule has 1 aliphatic heterocycles. The molecule has 0 aromatic heterocycles. The molecule has 0 radical (unpaired) electrons. The second kappa shape index (κ2) is 9.99. The highest BCUT2D eigenvalue weighted by Gasteiger charge is 2.33. The molecular weight excluding hydrogens is 388 g/mol. The Hall–Kier alpha value is -2.82. The zero-order valence-electron chi connectivity index (χ0n) is 19.3. The second-order valence-electron chi connectivity index (χ2n) is 8.48. The van der Waals surface area contributed by atoms with E-state index in [4.69, 9.17) is 4.74 Å². The van der Waals surface area contributed by atoms with Crippen LogP contribution in [-0.4, -0.2) is 47.9 Å². The van der Waals surface area contributed by atoms with Crippen LogP contribution in [0.4, 0.5) is 0 Å². The molecule has 3 rings (SSSR count). The normalized spacial score (nSPS) is 16.6. The Labute approximate surface area is 186 Å². The minimum absolute atomic E-state index is 0.0149. The van der Waals surface area contributed by atoms with Crippen LogP contribution >= 0.6 is 0 Å². The first kappa shape index (κ1) is 22.9. The van der Waals surface area contributed by atoms with Gasteiger partial charge < -0.3 is 14.5 Å². The molecule has 0 saturated carbocycles. The predicted octanol–water partition coefficient (Wildman–Crippen LogP) is 4.45. The van der Waals surface area contributed by atoms with E-state index in [1.54, 1.807) is 11.9 Å². The van der Waals surface area contributed by atoms with Gasteiger partial charge in [-0.3, -0.25) is 9.59 Å². The molecule has 2 atom stereocenters. The fraction of sp³-hybridized carbons (Fsp3) is 0.462. The average molecular weight is 423 g/mol. The molecule has 2 amide bonds. The van der Waals surface area contributed by atoms with E-state index in [1.165, 1.54) is 5.56 Å². The molecule has 5 heteroatoms. The van der Waals surface area contributed by atoms with Crippen molar-refractivity contribution in [3.05, 3.63) is 65.2 Å². The third-order valence-corrected chi connectivity index (χ3v) is 6.01. The number of amides is 2. The van der Waals surface area contributed by atoms with Gasteiger partial charge in [0.05, 0.1) is 6.04 Å². The van der Waals surface area contributed by atoms with Gasteiger partial charge in [0.25, 0.3) is 5.91 Å². The van der Waals surface area contributed by atoms with E-state index in [9.17, 15) is 9.59 Å². The minimum atomic E-state index is -0.518. The summed E-state index contributed by atoms with van der Waals surface area (Å²) in [5.41, 5.74) is 3.39. The van der Waals surface area contributed by atoms with E-state index in [0.29, 0.717) is 25.3 Å². The van der Waals surface area contributed by atoms with Gasteiger partial charge in [-0.05, 0) is 48.6 Å². The van der Waals surface area contributed by atoms with E-state index in [0.717, 1.165) is 17.5 Å². The van der Waals surface area contributed by atoms with E-state index in [-0.39, 0.29) is 23.8 Å². The fourth-order valence-corrected chi connectivity index (χ4v) is 4.10. The molecule has 0 N–H and O–H groups in total. The third-order valence-electron chi connectivity index (χ3n) is 6.01. The highest BCUT2D eigenvalue weighted by Crippen LogP contribution is 2.38. The summed E-state index contributed by atoms with van der Waals surface area (Å²) in [6.45, 7) is 9.14. The van der Waals surface area contributed by atoms with Gasteiger partial charge in [0.15, 0.2) is 6.10 Å². The number of hydrogen-bond acceptors (Lipinski definition) is 3. The molecule has 1 heterocycles. The Bertz CT molecular complexity index is 910. The van der Waals surface area contributed by atoms with Crippen molar-refractivity contribution in [3.63, 3.8) is 0 Å². The maximum absolute atomic E-state index is 13.0. The number of benzene rings is 2. The summed E-state index contributed by atoms with van der Waals surface area (Å²) in [5, 5.41) is 0. The number of hydrogen-bond donors (Lipinski definition) is 0. The van der Waals surface area contributed by atoms with Crippen molar-refractivity contribution >= 4 is 11.8 Å². The number of nitrogens with zero attached hydrogens (tertiary/aromatic N) is 2. The molecule has 0 fully saturated rings. The van der Waals surface area contributed by atoms with Crippen molar-refractivity contribution in [2.24, 2.45) is 5.92 Å². The lowest BCUT2D eigenvalue weighted by atomic mass is 9.87. The van der Waals surface area contributed by atoms with E-state index in [1.807, 2.05) is 62.9 Å². The molecule has 0 unspecified atom stereocenters. The average Bonchev–Trinajstić information content (AvgIpc) is 2.80. The van der Waals surface area contributed by atoms with Crippen molar-refractivity contribution in [1.29, 1.82) is 0 Å². The number of ether oxygens (including phenoxy) is 1. The lowest BCUT2D eigenvalue weighted by molar-refractivity contribution is -0.137. The fourth-order valence-electron chi connectivity index (χ4n) is 4.10. The van der Waals surface area contributed by atoms with Crippen LogP contribution in [0.15, 0.2) is 48.5 Å². The van der Waals surface area contributed by atoms with Crippen molar-refractivity contribution in [2.75, 3.05) is 20.1 Å². The van der Waals surface area contributed by atoms with Crippen LogP contribution in [0.3, 0.4) is 0 Å². The van der Waals surface area contributed by atoms with Crippen molar-refractivity contribution in [2.45, 2.75) is 52.7 Å². The van der Waals surface area contributed by atoms with Crippen LogP contribution in [0.5, 0.6) is 5.75 Å². The minimum Gasteiger partial charge on any atom is -0.481 e. The summed E-state index contributed by atoms with van der Waals surface area (Å²) in [7, 11) is 1.79. The molecule has 1 aliphatic rings. The number of carbonyl (C=O) groups excluding carboxylic acids is 2. The summed E-state index contributed by atoms with van der Waals surface area (Å²) in [6.07, 6.45) is 0.891. The van der Waals surface area contributed by atoms with E-state index in [2.05, 4.69) is 18.2 Å². The Morgan fingerprint density at radius 2 is 1.84 bits per heavy atom. The largest absolute Gasteiger partial charge is 0.481 e. The topological polar surface area (TPSA) is 49.9 Å². The van der Waals surface area contributed by atoms with Gasteiger partial charge in [-0.15, -0.1) is 0 Å². The van der Waals surface area contributed by atoms with Gasteiger partial charge in [0.2, 0.25) is 5.91 Å². The standard InChI is InChI=1S/C26H34N2O3/c1-6-23(26(30)27(5)7-2)31-21-14-13-19-15-16-28(25(29)18(3)4)24(22(19)17-21)20-11-9-8-10-12-20/h8-14,17-18,23-24H,6-7,15-16H2,1-5H3/t23-,24+/m0/s1. The first-order valence-electron chi connectivity index (χ1n) is 11.3. The molecule has 0 spiro atoms. The maximum Gasteiger partial charge on any atom is 0.263 e. The lowest BCUT2D eigenvalue weighted by Gasteiger charge is -2.39. The van der Waals surface area contributed by atoms with Gasteiger partial charge >= 0.3 is 0 Å². The number of likely N-dealkylation sites (N-methyl/N-ethyl adjacent to an activating group) is 1. The molecular formula is C26H34N2O3. The van der Waals surface area contributed by atoms with Crippen LogP contribution in [0.1, 0.15) is 56.8 Å². The Morgan fingerprint density at radius 3 is 2.45 bits per heavy atom. The number of fused-ring (bicyclic) bond motifs is 1. The van der Waals surface area contributed by atoms with Crippen LogP contribution in [-0.2, 0) is 16.0 Å². The smallest absolute Gasteiger partial charge is 0.263 e. The Morgan fingerprint density at radius 1 is 1.13 bits per heavy atom. The monoisotopic (exact) mass is 422 g/mol. The predicted molar refractivity (Wildman–Crippen MR) is 123 cm³/mol. The van der Waals surface area contributed by atoms with Gasteiger partial charge in [-0.1, -0.05) is 57.2 Å². The highest BCUT2D eigenvalue weighted by atomic mass is 16.5. The van der Waals surface area contributed by atoms with Crippen molar-refractivity contribution < 1.29 is 14.3 Å². The zero-order valence-corrected chi connectivity index (χ0v) is 19.3. The number of carbonyl (C=O) groups is 2. The van der Waals surface area contributed by atoms with Gasteiger partial charge in [0, 0.05) is 26.1 Å². The molecule has 5 nitrogen and oxygen atoms in total. The third kappa shape index (κ3) is 4.92. The summed E-state index contributed by atoms with van der Waals surface area (Å²) in [6, 6.07) is 16.0. The highest BCUT2D eigenvalue weighted by molar-refractivity contribution is 5.81. The first-order chi connectivity index (χ1) is 14.9. The molecule has 0 aliphatic carbocycles. The molecule has 0 saturated heterocycles. The zero-order chi connectivity index (χ0) is 22.5. The Balaban J connectivity index is 1.99. The SMILES string of the molecule is CC[C@H](Oc1ccc2c(c1)[C@@H](c1ccccc1)N(C(=O)C(C)C)CC2)C(=O)N(C)CC. The van der Waals surface area contributed by atoms with Gasteiger partial charge in [-0.2, -0.15) is 0 Å². The Kier molecular flexibility index (Phi) is 7.37. The molecule has 0 bridgehead atoms. The van der Waals surface area contributed by atoms with Gasteiger partial charge in [-0.25, -0.2) is 0 Å². The summed E-state index contributed by atoms with van der Waals surface area (Å²) < 4.78 is 6.15. The maximum atomic E-state index is 13.0. The summed E-state index contributed by atoms with van der Waals surface area (Å²) >= 11 is 0. The summed E-state index contributed by atoms with van der Waals surface area (Å²) in [4.78, 5) is 29.4. The van der Waals surface area contributed by atoms with E-state index >= 15 is 0 Å². The van der Waals surface area contributed by atoms with E-state index < -0.39 is 6.10 Å². The van der Waals surface area contributed by atoms with Crippen LogP contribution < -0.4 is 4.74 Å². The van der Waals surface area contributed by atoms with Crippen molar-refractivity contribution in [3.8, 4) is 5.75 Å².